The molecular formula is C14H25NO3. The van der Waals surface area contributed by atoms with Crippen LogP contribution in [-0.4, -0.2) is 51.2 Å². The number of hydrogen-bond donors (Lipinski definition) is 1. The molecule has 0 aliphatic carbocycles. The lowest BCUT2D eigenvalue weighted by molar-refractivity contribution is -0.140. The fourth-order valence-electron chi connectivity index (χ4n) is 3.37. The smallest absolute Gasteiger partial charge is 0.0741 e. The van der Waals surface area contributed by atoms with Gasteiger partial charge in [-0.25, -0.2) is 0 Å². The minimum Gasteiger partial charge on any atom is -0.381 e. The maximum atomic E-state index is 6.06. The second-order valence-corrected chi connectivity index (χ2v) is 5.97. The first-order valence-corrected chi connectivity index (χ1v) is 7.39. The molecule has 2 unspecified atom stereocenters. The molecule has 3 fully saturated rings. The van der Waals surface area contributed by atoms with Gasteiger partial charge in [0.05, 0.1) is 12.2 Å². The van der Waals surface area contributed by atoms with Crippen LogP contribution >= 0.6 is 0 Å². The van der Waals surface area contributed by atoms with E-state index in [0.29, 0.717) is 6.04 Å². The molecule has 4 nitrogen and oxygen atoms in total. The summed E-state index contributed by atoms with van der Waals surface area (Å²) in [4.78, 5) is 0. The van der Waals surface area contributed by atoms with Crippen molar-refractivity contribution in [2.75, 3.05) is 39.6 Å². The highest BCUT2D eigenvalue weighted by molar-refractivity contribution is 4.91. The fraction of sp³-hybridized carbons (Fsp3) is 1.00. The molecule has 0 saturated carbocycles. The molecule has 3 saturated heterocycles. The standard InChI is InChI=1S/C14H25NO3/c1-5-17-11-12(1)10-15-13-2-6-18-14(9-13)3-7-16-8-4-14/h12-13,15H,1-11H2. The SMILES string of the molecule is C1CC2(CCO1)CC(NCC1CCOC1)CCO2. The van der Waals surface area contributed by atoms with E-state index >= 15 is 0 Å². The Labute approximate surface area is 109 Å². The van der Waals surface area contributed by atoms with Crippen molar-refractivity contribution in [3.05, 3.63) is 0 Å². The van der Waals surface area contributed by atoms with Crippen LogP contribution in [0.5, 0.6) is 0 Å². The molecule has 1 N–H and O–H groups in total. The van der Waals surface area contributed by atoms with E-state index in [9.17, 15) is 0 Å². The Hall–Kier alpha value is -0.160. The van der Waals surface area contributed by atoms with Gasteiger partial charge in [0.25, 0.3) is 0 Å². The number of ether oxygens (including phenoxy) is 3. The van der Waals surface area contributed by atoms with Crippen molar-refractivity contribution in [1.82, 2.24) is 5.32 Å². The van der Waals surface area contributed by atoms with E-state index in [1.54, 1.807) is 0 Å². The highest BCUT2D eigenvalue weighted by atomic mass is 16.5. The van der Waals surface area contributed by atoms with Crippen LogP contribution in [-0.2, 0) is 14.2 Å². The van der Waals surface area contributed by atoms with Crippen LogP contribution in [0.2, 0.25) is 0 Å². The molecule has 18 heavy (non-hydrogen) atoms. The zero-order valence-corrected chi connectivity index (χ0v) is 11.2. The minimum absolute atomic E-state index is 0.111. The summed E-state index contributed by atoms with van der Waals surface area (Å²) in [5, 5.41) is 3.73. The Morgan fingerprint density at radius 1 is 1.00 bits per heavy atom. The quantitative estimate of drug-likeness (QED) is 0.826. The zero-order chi connectivity index (χ0) is 12.3. The largest absolute Gasteiger partial charge is 0.381 e. The maximum Gasteiger partial charge on any atom is 0.0741 e. The van der Waals surface area contributed by atoms with Gasteiger partial charge in [-0.05, 0) is 38.0 Å². The molecule has 104 valence electrons. The predicted octanol–water partition coefficient (Wildman–Crippen LogP) is 1.34. The third-order valence-corrected chi connectivity index (χ3v) is 4.62. The van der Waals surface area contributed by atoms with Crippen molar-refractivity contribution < 1.29 is 14.2 Å². The van der Waals surface area contributed by atoms with Crippen molar-refractivity contribution in [3.63, 3.8) is 0 Å². The van der Waals surface area contributed by atoms with E-state index in [0.717, 1.165) is 71.2 Å². The molecule has 2 atom stereocenters. The van der Waals surface area contributed by atoms with Crippen LogP contribution in [0.25, 0.3) is 0 Å². The summed E-state index contributed by atoms with van der Waals surface area (Å²) < 4.78 is 16.9. The van der Waals surface area contributed by atoms with E-state index in [1.807, 2.05) is 0 Å². The summed E-state index contributed by atoms with van der Waals surface area (Å²) in [6.45, 7) is 5.62. The molecule has 1 spiro atoms. The van der Waals surface area contributed by atoms with E-state index in [4.69, 9.17) is 14.2 Å². The topological polar surface area (TPSA) is 39.7 Å². The Bertz CT molecular complexity index is 254. The molecule has 3 aliphatic rings. The van der Waals surface area contributed by atoms with Crippen molar-refractivity contribution in [2.24, 2.45) is 5.92 Å². The second kappa shape index (κ2) is 5.87. The Morgan fingerprint density at radius 2 is 1.89 bits per heavy atom. The van der Waals surface area contributed by atoms with Gasteiger partial charge >= 0.3 is 0 Å². The Kier molecular flexibility index (Phi) is 4.19. The number of rotatable bonds is 3. The van der Waals surface area contributed by atoms with E-state index in [1.165, 1.54) is 6.42 Å². The molecule has 0 amide bonds. The molecule has 3 heterocycles. The van der Waals surface area contributed by atoms with Gasteiger partial charge in [0.1, 0.15) is 0 Å². The third-order valence-electron chi connectivity index (χ3n) is 4.62. The van der Waals surface area contributed by atoms with Crippen LogP contribution in [0.3, 0.4) is 0 Å². The summed E-state index contributed by atoms with van der Waals surface area (Å²) in [6, 6.07) is 0.623. The fourth-order valence-corrected chi connectivity index (χ4v) is 3.37. The summed E-state index contributed by atoms with van der Waals surface area (Å²) in [7, 11) is 0. The monoisotopic (exact) mass is 255 g/mol. The van der Waals surface area contributed by atoms with Gasteiger partial charge in [0, 0.05) is 39.0 Å². The van der Waals surface area contributed by atoms with E-state index < -0.39 is 0 Å². The second-order valence-electron chi connectivity index (χ2n) is 5.97. The highest BCUT2D eigenvalue weighted by Crippen LogP contribution is 2.34. The van der Waals surface area contributed by atoms with Gasteiger partial charge in [-0.2, -0.15) is 0 Å². The van der Waals surface area contributed by atoms with Crippen LogP contribution < -0.4 is 5.32 Å². The lowest BCUT2D eigenvalue weighted by Gasteiger charge is -2.43. The molecule has 4 heteroatoms. The first-order valence-electron chi connectivity index (χ1n) is 7.39. The van der Waals surface area contributed by atoms with Gasteiger partial charge in [-0.1, -0.05) is 0 Å². The molecule has 0 aromatic rings. The molecule has 0 aromatic heterocycles. The molecule has 0 bridgehead atoms. The van der Waals surface area contributed by atoms with Gasteiger partial charge in [-0.3, -0.25) is 0 Å². The molecular weight excluding hydrogens is 230 g/mol. The van der Waals surface area contributed by atoms with Crippen molar-refractivity contribution in [3.8, 4) is 0 Å². The Balaban J connectivity index is 1.47. The molecule has 0 aromatic carbocycles. The van der Waals surface area contributed by atoms with Crippen molar-refractivity contribution in [2.45, 2.75) is 43.7 Å². The van der Waals surface area contributed by atoms with E-state index in [2.05, 4.69) is 5.32 Å². The average molecular weight is 255 g/mol. The van der Waals surface area contributed by atoms with Crippen LogP contribution in [0.1, 0.15) is 32.1 Å². The minimum atomic E-state index is 0.111. The first kappa shape index (κ1) is 12.9. The number of nitrogens with one attached hydrogen (secondary N) is 1. The van der Waals surface area contributed by atoms with Crippen LogP contribution in [0.4, 0.5) is 0 Å². The molecule has 3 aliphatic heterocycles. The normalized spacial score (nSPS) is 36.0. The van der Waals surface area contributed by atoms with Gasteiger partial charge in [-0.15, -0.1) is 0 Å². The third kappa shape index (κ3) is 3.05. The molecule has 3 rings (SSSR count). The zero-order valence-electron chi connectivity index (χ0n) is 11.2. The Morgan fingerprint density at radius 3 is 2.67 bits per heavy atom. The average Bonchev–Trinajstić information content (AvgIpc) is 2.91. The predicted molar refractivity (Wildman–Crippen MR) is 68.7 cm³/mol. The maximum absolute atomic E-state index is 6.06. The lowest BCUT2D eigenvalue weighted by Crippen LogP contribution is -2.50. The lowest BCUT2D eigenvalue weighted by atomic mass is 9.84. The van der Waals surface area contributed by atoms with E-state index in [-0.39, 0.29) is 5.60 Å². The van der Waals surface area contributed by atoms with Gasteiger partial charge in [0.15, 0.2) is 0 Å². The molecule has 0 radical (unpaired) electrons. The van der Waals surface area contributed by atoms with Crippen molar-refractivity contribution >= 4 is 0 Å². The summed E-state index contributed by atoms with van der Waals surface area (Å²) in [5.41, 5.74) is 0.111. The summed E-state index contributed by atoms with van der Waals surface area (Å²) in [5.74, 6) is 0.721. The highest BCUT2D eigenvalue weighted by Gasteiger charge is 2.38. The summed E-state index contributed by atoms with van der Waals surface area (Å²) >= 11 is 0. The van der Waals surface area contributed by atoms with Gasteiger partial charge in [0.2, 0.25) is 0 Å². The first-order chi connectivity index (χ1) is 8.86. The van der Waals surface area contributed by atoms with Gasteiger partial charge < -0.3 is 19.5 Å². The summed E-state index contributed by atoms with van der Waals surface area (Å²) in [6.07, 6.45) is 5.66. The van der Waals surface area contributed by atoms with Crippen molar-refractivity contribution in [1.29, 1.82) is 0 Å². The van der Waals surface area contributed by atoms with Crippen LogP contribution in [0.15, 0.2) is 0 Å². The van der Waals surface area contributed by atoms with Crippen LogP contribution in [0, 0.1) is 5.92 Å². The number of hydrogen-bond acceptors (Lipinski definition) is 4.